The SMILES string of the molecule is O=C(NC1(c2ccc(F)cc2)COC1)c1cc2cc(Cl)ccc2[nH]1. The molecule has 4 nitrogen and oxygen atoms in total. The van der Waals surface area contributed by atoms with E-state index in [1.165, 1.54) is 12.1 Å². The molecule has 1 fully saturated rings. The number of hydrogen-bond acceptors (Lipinski definition) is 2. The Balaban J connectivity index is 1.62. The van der Waals surface area contributed by atoms with E-state index >= 15 is 0 Å². The van der Waals surface area contributed by atoms with Crippen LogP contribution in [0, 0.1) is 5.82 Å². The lowest BCUT2D eigenvalue weighted by Crippen LogP contribution is -2.59. The number of hydrogen-bond donors (Lipinski definition) is 2. The van der Waals surface area contributed by atoms with E-state index in [-0.39, 0.29) is 11.7 Å². The molecule has 0 bridgehead atoms. The molecule has 0 radical (unpaired) electrons. The van der Waals surface area contributed by atoms with Gasteiger partial charge in [0.1, 0.15) is 17.1 Å². The molecule has 0 spiro atoms. The Kier molecular flexibility index (Phi) is 3.55. The summed E-state index contributed by atoms with van der Waals surface area (Å²) in [7, 11) is 0. The second kappa shape index (κ2) is 5.61. The van der Waals surface area contributed by atoms with Crippen molar-refractivity contribution < 1.29 is 13.9 Å². The van der Waals surface area contributed by atoms with Gasteiger partial charge in [0, 0.05) is 15.9 Å². The minimum Gasteiger partial charge on any atom is -0.376 e. The topological polar surface area (TPSA) is 54.1 Å². The highest BCUT2D eigenvalue weighted by atomic mass is 35.5. The van der Waals surface area contributed by atoms with E-state index < -0.39 is 5.54 Å². The van der Waals surface area contributed by atoms with E-state index in [0.717, 1.165) is 16.5 Å². The normalized spacial score (nSPS) is 15.9. The van der Waals surface area contributed by atoms with Gasteiger partial charge in [-0.15, -0.1) is 0 Å². The highest BCUT2D eigenvalue weighted by Crippen LogP contribution is 2.30. The van der Waals surface area contributed by atoms with E-state index in [4.69, 9.17) is 16.3 Å². The number of carbonyl (C=O) groups is 1. The van der Waals surface area contributed by atoms with Gasteiger partial charge in [-0.25, -0.2) is 4.39 Å². The first-order chi connectivity index (χ1) is 11.6. The molecule has 2 heterocycles. The third kappa shape index (κ3) is 2.56. The molecule has 1 aliphatic rings. The molecule has 2 aromatic carbocycles. The quantitative estimate of drug-likeness (QED) is 0.762. The molecule has 0 aliphatic carbocycles. The summed E-state index contributed by atoms with van der Waals surface area (Å²) >= 11 is 5.98. The molecule has 2 N–H and O–H groups in total. The van der Waals surface area contributed by atoms with Gasteiger partial charge in [0.2, 0.25) is 0 Å². The fourth-order valence-electron chi connectivity index (χ4n) is 2.90. The van der Waals surface area contributed by atoms with Gasteiger partial charge in [0.15, 0.2) is 0 Å². The van der Waals surface area contributed by atoms with Crippen LogP contribution in [0.4, 0.5) is 4.39 Å². The Morgan fingerprint density at radius 1 is 1.17 bits per heavy atom. The minimum atomic E-state index is -0.625. The summed E-state index contributed by atoms with van der Waals surface area (Å²) in [6.45, 7) is 0.715. The van der Waals surface area contributed by atoms with Gasteiger partial charge in [-0.05, 0) is 42.0 Å². The smallest absolute Gasteiger partial charge is 0.268 e. The van der Waals surface area contributed by atoms with Crippen molar-refractivity contribution in [3.63, 3.8) is 0 Å². The van der Waals surface area contributed by atoms with E-state index in [1.807, 2.05) is 6.07 Å². The summed E-state index contributed by atoms with van der Waals surface area (Å²) in [6.07, 6.45) is 0. The molecule has 0 saturated carbocycles. The summed E-state index contributed by atoms with van der Waals surface area (Å²) in [5.41, 5.74) is 1.48. The number of benzene rings is 2. The molecular formula is C18H14ClFN2O2. The van der Waals surface area contributed by atoms with Crippen LogP contribution < -0.4 is 5.32 Å². The summed E-state index contributed by atoms with van der Waals surface area (Å²) in [5.74, 6) is -0.553. The molecule has 24 heavy (non-hydrogen) atoms. The van der Waals surface area contributed by atoms with Crippen LogP contribution in [0.1, 0.15) is 16.1 Å². The molecule has 6 heteroatoms. The van der Waals surface area contributed by atoms with Crippen LogP contribution in [0.15, 0.2) is 48.5 Å². The minimum absolute atomic E-state index is 0.241. The number of amides is 1. The van der Waals surface area contributed by atoms with E-state index in [1.54, 1.807) is 30.3 Å². The lowest BCUT2D eigenvalue weighted by molar-refractivity contribution is -0.0734. The molecule has 1 amide bonds. The zero-order valence-electron chi connectivity index (χ0n) is 12.6. The number of nitrogens with one attached hydrogen (secondary N) is 2. The van der Waals surface area contributed by atoms with Crippen LogP contribution in [-0.4, -0.2) is 24.1 Å². The molecule has 3 aromatic rings. The molecular weight excluding hydrogens is 331 g/mol. The second-order valence-electron chi connectivity index (χ2n) is 5.95. The number of halogens is 2. The van der Waals surface area contributed by atoms with Crippen molar-refractivity contribution in [3.05, 3.63) is 70.6 Å². The Bertz CT molecular complexity index is 916. The van der Waals surface area contributed by atoms with Crippen molar-refractivity contribution in [1.29, 1.82) is 0 Å². The van der Waals surface area contributed by atoms with Crippen molar-refractivity contribution in [2.24, 2.45) is 0 Å². The zero-order valence-corrected chi connectivity index (χ0v) is 13.4. The lowest BCUT2D eigenvalue weighted by atomic mass is 9.87. The van der Waals surface area contributed by atoms with E-state index in [9.17, 15) is 9.18 Å². The number of rotatable bonds is 3. The molecule has 1 aromatic heterocycles. The molecule has 4 rings (SSSR count). The van der Waals surface area contributed by atoms with Crippen LogP contribution in [0.25, 0.3) is 10.9 Å². The van der Waals surface area contributed by atoms with Gasteiger partial charge in [-0.1, -0.05) is 23.7 Å². The van der Waals surface area contributed by atoms with Crippen molar-refractivity contribution >= 4 is 28.4 Å². The van der Waals surface area contributed by atoms with Crippen LogP contribution in [0.3, 0.4) is 0 Å². The van der Waals surface area contributed by atoms with E-state index in [0.29, 0.717) is 23.9 Å². The van der Waals surface area contributed by atoms with E-state index in [2.05, 4.69) is 10.3 Å². The predicted octanol–water partition coefficient (Wildman–Crippen LogP) is 3.62. The summed E-state index contributed by atoms with van der Waals surface area (Å²) < 4.78 is 18.4. The number of aromatic amines is 1. The Labute approximate surface area is 142 Å². The van der Waals surface area contributed by atoms with Crippen LogP contribution in [0.5, 0.6) is 0 Å². The maximum Gasteiger partial charge on any atom is 0.268 e. The van der Waals surface area contributed by atoms with Crippen molar-refractivity contribution in [2.75, 3.05) is 13.2 Å². The van der Waals surface area contributed by atoms with Crippen LogP contribution in [0.2, 0.25) is 5.02 Å². The lowest BCUT2D eigenvalue weighted by Gasteiger charge is -2.42. The first-order valence-electron chi connectivity index (χ1n) is 7.50. The largest absolute Gasteiger partial charge is 0.376 e. The van der Waals surface area contributed by atoms with Gasteiger partial charge in [0.25, 0.3) is 5.91 Å². The highest BCUT2D eigenvalue weighted by molar-refractivity contribution is 6.31. The molecule has 0 unspecified atom stereocenters. The van der Waals surface area contributed by atoms with Crippen molar-refractivity contribution in [1.82, 2.24) is 10.3 Å². The van der Waals surface area contributed by atoms with Gasteiger partial charge in [0.05, 0.1) is 13.2 Å². The van der Waals surface area contributed by atoms with Crippen LogP contribution >= 0.6 is 11.6 Å². The molecule has 122 valence electrons. The monoisotopic (exact) mass is 344 g/mol. The van der Waals surface area contributed by atoms with Crippen molar-refractivity contribution in [3.8, 4) is 0 Å². The number of aromatic nitrogens is 1. The Hall–Kier alpha value is -2.37. The third-order valence-corrected chi connectivity index (χ3v) is 4.51. The fraction of sp³-hybridized carbons (Fsp3) is 0.167. The first-order valence-corrected chi connectivity index (χ1v) is 7.88. The number of H-pyrrole nitrogens is 1. The molecule has 0 atom stereocenters. The van der Waals surface area contributed by atoms with Crippen LogP contribution in [-0.2, 0) is 10.3 Å². The maximum atomic E-state index is 13.1. The number of carbonyl (C=O) groups excluding carboxylic acids is 1. The molecule has 1 saturated heterocycles. The third-order valence-electron chi connectivity index (χ3n) is 4.27. The number of ether oxygens (including phenoxy) is 1. The predicted molar refractivity (Wildman–Crippen MR) is 89.7 cm³/mol. The van der Waals surface area contributed by atoms with Gasteiger partial charge >= 0.3 is 0 Å². The first kappa shape index (κ1) is 15.2. The van der Waals surface area contributed by atoms with Crippen molar-refractivity contribution in [2.45, 2.75) is 5.54 Å². The second-order valence-corrected chi connectivity index (χ2v) is 6.39. The Morgan fingerprint density at radius 2 is 1.92 bits per heavy atom. The average molecular weight is 345 g/mol. The summed E-state index contributed by atoms with van der Waals surface area (Å²) in [6, 6.07) is 13.3. The summed E-state index contributed by atoms with van der Waals surface area (Å²) in [4.78, 5) is 15.7. The summed E-state index contributed by atoms with van der Waals surface area (Å²) in [5, 5.41) is 4.49. The maximum absolute atomic E-state index is 13.1. The van der Waals surface area contributed by atoms with Gasteiger partial charge < -0.3 is 15.0 Å². The highest BCUT2D eigenvalue weighted by Gasteiger charge is 2.42. The number of fused-ring (bicyclic) bond motifs is 1. The molecule has 1 aliphatic heterocycles. The van der Waals surface area contributed by atoms with Gasteiger partial charge in [-0.2, -0.15) is 0 Å². The Morgan fingerprint density at radius 3 is 2.58 bits per heavy atom. The average Bonchev–Trinajstić information content (AvgIpc) is 2.95. The van der Waals surface area contributed by atoms with Gasteiger partial charge in [-0.3, -0.25) is 4.79 Å². The standard InChI is InChI=1S/C18H14ClFN2O2/c19-13-3-6-15-11(7-13)8-16(21-15)17(23)22-18(9-24-10-18)12-1-4-14(20)5-2-12/h1-8,21H,9-10H2,(H,22,23). The fourth-order valence-corrected chi connectivity index (χ4v) is 3.08. The zero-order chi connectivity index (χ0) is 16.7.